The number of methoxy groups -OCH3 is 2. The number of hydrogen-bond acceptors (Lipinski definition) is 6. The van der Waals surface area contributed by atoms with Crippen molar-refractivity contribution in [2.45, 2.75) is 18.9 Å². The highest BCUT2D eigenvalue weighted by molar-refractivity contribution is 6.00. The number of benzene rings is 3. The molecule has 0 aliphatic carbocycles. The van der Waals surface area contributed by atoms with Crippen molar-refractivity contribution < 1.29 is 33.4 Å². The SMILES string of the molecule is COc1ccc2c(C(C(N)=O)c3ccc(O)cc3)c3[n+](cc2c1OC)CCc1cc2c(cc1-3)OCO2. The third-order valence-corrected chi connectivity index (χ3v) is 6.98. The molecule has 36 heavy (non-hydrogen) atoms. The molecule has 6 rings (SSSR count). The van der Waals surface area contributed by atoms with Gasteiger partial charge >= 0.3 is 0 Å². The topological polar surface area (TPSA) is 104 Å². The van der Waals surface area contributed by atoms with Gasteiger partial charge in [0.15, 0.2) is 35.7 Å². The molecule has 1 aromatic heterocycles. The van der Waals surface area contributed by atoms with E-state index in [1.165, 1.54) is 0 Å². The summed E-state index contributed by atoms with van der Waals surface area (Å²) >= 11 is 0. The monoisotopic (exact) mass is 485 g/mol. The lowest BCUT2D eigenvalue weighted by molar-refractivity contribution is -0.686. The van der Waals surface area contributed by atoms with Gasteiger partial charge in [-0.1, -0.05) is 12.1 Å². The average molecular weight is 486 g/mol. The molecule has 8 nitrogen and oxygen atoms in total. The fraction of sp³-hybridized carbons (Fsp3) is 0.214. The number of primary amides is 1. The first-order valence-electron chi connectivity index (χ1n) is 11.6. The Morgan fingerprint density at radius 2 is 1.78 bits per heavy atom. The van der Waals surface area contributed by atoms with Crippen molar-refractivity contribution in [1.82, 2.24) is 0 Å². The van der Waals surface area contributed by atoms with E-state index in [9.17, 15) is 9.90 Å². The van der Waals surface area contributed by atoms with Crippen LogP contribution in [0.15, 0.2) is 54.7 Å². The van der Waals surface area contributed by atoms with E-state index in [2.05, 4.69) is 4.57 Å². The van der Waals surface area contributed by atoms with Gasteiger partial charge in [-0.05, 0) is 47.5 Å². The van der Waals surface area contributed by atoms with Gasteiger partial charge in [-0.2, -0.15) is 4.57 Å². The van der Waals surface area contributed by atoms with E-state index in [0.717, 1.165) is 45.3 Å². The zero-order valence-electron chi connectivity index (χ0n) is 19.9. The van der Waals surface area contributed by atoms with Crippen LogP contribution in [0.4, 0.5) is 0 Å². The van der Waals surface area contributed by atoms with Gasteiger partial charge in [0.1, 0.15) is 5.75 Å². The Morgan fingerprint density at radius 1 is 1.03 bits per heavy atom. The molecule has 0 saturated heterocycles. The predicted molar refractivity (Wildman–Crippen MR) is 132 cm³/mol. The molecule has 3 N–H and O–H groups in total. The Hall–Kier alpha value is -4.46. The molecule has 1 unspecified atom stereocenters. The molecule has 8 heteroatoms. The number of carbonyl (C=O) groups is 1. The number of rotatable bonds is 5. The summed E-state index contributed by atoms with van der Waals surface area (Å²) in [5, 5.41) is 11.5. The lowest BCUT2D eigenvalue weighted by atomic mass is 9.82. The Balaban J connectivity index is 1.74. The van der Waals surface area contributed by atoms with Crippen LogP contribution in [0.25, 0.3) is 22.0 Å². The number of fused-ring (bicyclic) bond motifs is 5. The van der Waals surface area contributed by atoms with Crippen molar-refractivity contribution >= 4 is 16.7 Å². The largest absolute Gasteiger partial charge is 0.508 e. The maximum absolute atomic E-state index is 13.1. The average Bonchev–Trinajstić information content (AvgIpc) is 3.34. The van der Waals surface area contributed by atoms with Crippen molar-refractivity contribution in [3.63, 3.8) is 0 Å². The van der Waals surface area contributed by atoms with Crippen LogP contribution in [0.3, 0.4) is 0 Å². The molecule has 2 aliphatic rings. The highest BCUT2D eigenvalue weighted by Gasteiger charge is 2.37. The van der Waals surface area contributed by atoms with Crippen LogP contribution in [-0.4, -0.2) is 32.0 Å². The van der Waals surface area contributed by atoms with Gasteiger partial charge in [0.05, 0.1) is 31.1 Å². The minimum absolute atomic E-state index is 0.112. The number of hydrogen-bond donors (Lipinski definition) is 2. The summed E-state index contributed by atoms with van der Waals surface area (Å²) in [4.78, 5) is 13.1. The molecule has 4 aromatic rings. The minimum atomic E-state index is -0.787. The van der Waals surface area contributed by atoms with Gasteiger partial charge in [-0.3, -0.25) is 4.79 Å². The van der Waals surface area contributed by atoms with Gasteiger partial charge in [0.25, 0.3) is 0 Å². The van der Waals surface area contributed by atoms with E-state index in [0.29, 0.717) is 29.4 Å². The molecular formula is C28H25N2O6+. The summed E-state index contributed by atoms with van der Waals surface area (Å²) in [5.74, 6) is 1.39. The molecule has 3 heterocycles. The van der Waals surface area contributed by atoms with Crippen molar-refractivity contribution in [2.24, 2.45) is 5.73 Å². The van der Waals surface area contributed by atoms with Crippen LogP contribution >= 0.6 is 0 Å². The summed E-state index contributed by atoms with van der Waals surface area (Å²) in [6.07, 6.45) is 2.82. The zero-order valence-corrected chi connectivity index (χ0v) is 19.9. The molecule has 3 aromatic carbocycles. The normalized spacial score (nSPS) is 14.2. The summed E-state index contributed by atoms with van der Waals surface area (Å²) in [6, 6.07) is 14.3. The zero-order chi connectivity index (χ0) is 25.0. The molecule has 0 spiro atoms. The van der Waals surface area contributed by atoms with Crippen molar-refractivity contribution in [2.75, 3.05) is 21.0 Å². The van der Waals surface area contributed by atoms with Gasteiger partial charge in [-0.15, -0.1) is 0 Å². The number of phenolic OH excluding ortho intramolecular Hbond substituents is 1. The smallest absolute Gasteiger partial charge is 0.231 e. The van der Waals surface area contributed by atoms with Gasteiger partial charge in [0, 0.05) is 17.4 Å². The third kappa shape index (κ3) is 3.29. The maximum Gasteiger partial charge on any atom is 0.231 e. The van der Waals surface area contributed by atoms with E-state index in [4.69, 9.17) is 24.7 Å². The number of phenols is 1. The molecular weight excluding hydrogens is 460 g/mol. The standard InChI is InChI=1S/C28H24N2O6/c1-33-21-8-7-18-20(27(21)34-2)13-30-10-9-16-11-22-23(36-14-35-22)12-19(16)26(30)25(18)24(28(29)32)15-3-5-17(31)6-4-15/h3-8,11-13,24H,9-10,14H2,1-2H3,(H2-,29,31,32)/p+1. The van der Waals surface area contributed by atoms with Crippen molar-refractivity contribution in [3.8, 4) is 40.0 Å². The second-order valence-electron chi connectivity index (χ2n) is 8.89. The van der Waals surface area contributed by atoms with E-state index < -0.39 is 11.8 Å². The number of ether oxygens (including phenoxy) is 4. The molecule has 0 bridgehead atoms. The highest BCUT2D eigenvalue weighted by atomic mass is 16.7. The number of nitrogens with zero attached hydrogens (tertiary/aromatic N) is 1. The molecule has 0 radical (unpaired) electrons. The minimum Gasteiger partial charge on any atom is -0.508 e. The Labute approximate surface area is 207 Å². The van der Waals surface area contributed by atoms with Gasteiger partial charge in [-0.25, -0.2) is 0 Å². The molecule has 2 aliphatic heterocycles. The number of amides is 1. The van der Waals surface area contributed by atoms with Gasteiger partial charge in [0.2, 0.25) is 18.4 Å². The third-order valence-electron chi connectivity index (χ3n) is 6.98. The second kappa shape index (κ2) is 8.34. The molecule has 1 amide bonds. The lowest BCUT2D eigenvalue weighted by Crippen LogP contribution is -2.42. The Morgan fingerprint density at radius 3 is 2.47 bits per heavy atom. The van der Waals surface area contributed by atoms with Crippen LogP contribution in [-0.2, 0) is 17.8 Å². The molecule has 0 saturated carbocycles. The first-order valence-corrected chi connectivity index (χ1v) is 11.6. The number of carbonyl (C=O) groups excluding carboxylic acids is 1. The summed E-state index contributed by atoms with van der Waals surface area (Å²) in [5.41, 5.74) is 10.5. The van der Waals surface area contributed by atoms with Crippen molar-refractivity contribution in [3.05, 3.63) is 71.4 Å². The molecule has 0 fully saturated rings. The number of aryl methyl sites for hydroxylation is 2. The second-order valence-corrected chi connectivity index (χ2v) is 8.89. The first kappa shape index (κ1) is 22.0. The molecule has 182 valence electrons. The highest BCUT2D eigenvalue weighted by Crippen LogP contribution is 2.46. The van der Waals surface area contributed by atoms with Crippen LogP contribution in [0.2, 0.25) is 0 Å². The van der Waals surface area contributed by atoms with Gasteiger partial charge < -0.3 is 29.8 Å². The van der Waals surface area contributed by atoms with E-state index in [-0.39, 0.29) is 12.5 Å². The van der Waals surface area contributed by atoms with Crippen LogP contribution in [0.1, 0.15) is 22.6 Å². The Bertz CT molecular complexity index is 1530. The van der Waals surface area contributed by atoms with E-state index in [1.807, 2.05) is 30.5 Å². The summed E-state index contributed by atoms with van der Waals surface area (Å²) in [7, 11) is 3.19. The number of pyridine rings is 1. The van der Waals surface area contributed by atoms with E-state index >= 15 is 0 Å². The predicted octanol–water partition coefficient (Wildman–Crippen LogP) is 3.42. The first-order chi connectivity index (χ1) is 17.5. The van der Waals surface area contributed by atoms with Crippen molar-refractivity contribution in [1.29, 1.82) is 0 Å². The lowest BCUT2D eigenvalue weighted by Gasteiger charge is -2.24. The van der Waals surface area contributed by atoms with Crippen LogP contribution in [0, 0.1) is 0 Å². The molecule has 1 atom stereocenters. The summed E-state index contributed by atoms with van der Waals surface area (Å²) in [6.45, 7) is 0.865. The van der Waals surface area contributed by atoms with Crippen LogP contribution in [0.5, 0.6) is 28.7 Å². The van der Waals surface area contributed by atoms with E-state index in [1.54, 1.807) is 38.5 Å². The number of nitrogens with two attached hydrogens (primary N) is 1. The number of aromatic nitrogens is 1. The maximum atomic E-state index is 13.1. The quantitative estimate of drug-likeness (QED) is 0.420. The Kier molecular flexibility index (Phi) is 5.10. The number of aromatic hydroxyl groups is 1. The van der Waals surface area contributed by atoms with Crippen LogP contribution < -0.4 is 29.2 Å². The fourth-order valence-electron chi connectivity index (χ4n) is 5.38. The fourth-order valence-corrected chi connectivity index (χ4v) is 5.38. The summed E-state index contributed by atoms with van der Waals surface area (Å²) < 4.78 is 24.8.